The highest BCUT2D eigenvalue weighted by atomic mass is 16.5. The van der Waals surface area contributed by atoms with Crippen molar-refractivity contribution in [1.29, 1.82) is 0 Å². The molecule has 1 N–H and O–H groups in total. The van der Waals surface area contributed by atoms with Gasteiger partial charge in [0.1, 0.15) is 11.5 Å². The number of amides is 1. The Balaban J connectivity index is 2.34. The molecule has 1 aromatic rings. The molecule has 1 amide bonds. The molecule has 0 atom stereocenters. The Labute approximate surface area is 113 Å². The first kappa shape index (κ1) is 13.7. The largest absolute Gasteiger partial charge is 0.497 e. The Hall–Kier alpha value is -1.75. The lowest BCUT2D eigenvalue weighted by molar-refractivity contribution is -0.123. The third-order valence-electron chi connectivity index (χ3n) is 3.49. The van der Waals surface area contributed by atoms with Gasteiger partial charge in [-0.2, -0.15) is 0 Å². The first-order chi connectivity index (χ1) is 9.08. The van der Waals surface area contributed by atoms with Gasteiger partial charge in [-0.05, 0) is 18.6 Å². The summed E-state index contributed by atoms with van der Waals surface area (Å²) in [5.41, 5.74) is 1.76. The van der Waals surface area contributed by atoms with Crippen molar-refractivity contribution < 1.29 is 14.3 Å². The highest BCUT2D eigenvalue weighted by Gasteiger charge is 2.30. The van der Waals surface area contributed by atoms with Crippen LogP contribution in [0.4, 0.5) is 5.69 Å². The Morgan fingerprint density at radius 1 is 1.32 bits per heavy atom. The van der Waals surface area contributed by atoms with Crippen molar-refractivity contribution in [2.45, 2.75) is 6.92 Å². The smallest absolute Gasteiger partial charge is 0.232 e. The van der Waals surface area contributed by atoms with Gasteiger partial charge in [0, 0.05) is 26.2 Å². The van der Waals surface area contributed by atoms with Crippen molar-refractivity contribution in [3.05, 3.63) is 17.7 Å². The molecule has 1 heterocycles. The minimum atomic E-state index is 0.0659. The van der Waals surface area contributed by atoms with Crippen molar-refractivity contribution in [2.75, 3.05) is 39.3 Å². The highest BCUT2D eigenvalue weighted by Crippen LogP contribution is 2.36. The Morgan fingerprint density at radius 3 is 2.47 bits per heavy atom. The van der Waals surface area contributed by atoms with E-state index in [1.165, 1.54) is 0 Å². The van der Waals surface area contributed by atoms with Gasteiger partial charge in [0.25, 0.3) is 0 Å². The normalized spacial score (nSPS) is 14.7. The van der Waals surface area contributed by atoms with Crippen molar-refractivity contribution in [2.24, 2.45) is 5.92 Å². The molecule has 1 aliphatic rings. The molecule has 1 aromatic carbocycles. The monoisotopic (exact) mass is 264 g/mol. The molecule has 1 fully saturated rings. The minimum absolute atomic E-state index is 0.0659. The van der Waals surface area contributed by atoms with Crippen LogP contribution in [0.25, 0.3) is 0 Å². The third-order valence-corrected chi connectivity index (χ3v) is 3.49. The van der Waals surface area contributed by atoms with E-state index in [4.69, 9.17) is 9.47 Å². The molecular formula is C14H20N2O3. The van der Waals surface area contributed by atoms with Crippen LogP contribution in [0.15, 0.2) is 12.1 Å². The summed E-state index contributed by atoms with van der Waals surface area (Å²) in [6.07, 6.45) is 0. The van der Waals surface area contributed by atoms with E-state index in [0.717, 1.165) is 30.1 Å². The topological polar surface area (TPSA) is 50.8 Å². The van der Waals surface area contributed by atoms with Crippen LogP contribution >= 0.6 is 0 Å². The standard InChI is InChI=1S/C14H20N2O3/c1-9-5-11(18-3)6-12(19-4)13(9)16(2)14(17)10-7-15-8-10/h5-6,10,15H,7-8H2,1-4H3. The van der Waals surface area contributed by atoms with E-state index >= 15 is 0 Å². The lowest BCUT2D eigenvalue weighted by Crippen LogP contribution is -2.51. The number of aryl methyl sites for hydroxylation is 1. The van der Waals surface area contributed by atoms with E-state index in [1.54, 1.807) is 32.2 Å². The number of rotatable bonds is 4. The third kappa shape index (κ3) is 2.51. The van der Waals surface area contributed by atoms with Crippen LogP contribution in [0, 0.1) is 12.8 Å². The first-order valence-corrected chi connectivity index (χ1v) is 6.29. The van der Waals surface area contributed by atoms with Gasteiger partial charge in [-0.15, -0.1) is 0 Å². The molecule has 104 valence electrons. The fraction of sp³-hybridized carbons (Fsp3) is 0.500. The molecule has 0 bridgehead atoms. The molecule has 1 aliphatic heterocycles. The Kier molecular flexibility index (Phi) is 3.95. The predicted octanol–water partition coefficient (Wildman–Crippen LogP) is 1.19. The van der Waals surface area contributed by atoms with Gasteiger partial charge >= 0.3 is 0 Å². The molecule has 0 aromatic heterocycles. The summed E-state index contributed by atoms with van der Waals surface area (Å²) in [4.78, 5) is 14.0. The summed E-state index contributed by atoms with van der Waals surface area (Å²) in [5.74, 6) is 1.56. The Morgan fingerprint density at radius 2 is 2.00 bits per heavy atom. The summed E-state index contributed by atoms with van der Waals surface area (Å²) < 4.78 is 10.6. The second-order valence-electron chi connectivity index (χ2n) is 4.75. The van der Waals surface area contributed by atoms with Crippen molar-refractivity contribution in [1.82, 2.24) is 5.32 Å². The van der Waals surface area contributed by atoms with Crippen LogP contribution in [0.1, 0.15) is 5.56 Å². The van der Waals surface area contributed by atoms with E-state index in [2.05, 4.69) is 5.32 Å². The molecule has 19 heavy (non-hydrogen) atoms. The number of anilines is 1. The maximum atomic E-state index is 12.3. The number of nitrogens with zero attached hydrogens (tertiary/aromatic N) is 1. The zero-order valence-corrected chi connectivity index (χ0v) is 11.8. The molecule has 0 spiro atoms. The number of hydrogen-bond donors (Lipinski definition) is 1. The van der Waals surface area contributed by atoms with Gasteiger partial charge in [0.15, 0.2) is 0 Å². The van der Waals surface area contributed by atoms with Crippen LogP contribution in [0.2, 0.25) is 0 Å². The average Bonchev–Trinajstić information content (AvgIpc) is 2.34. The summed E-state index contributed by atoms with van der Waals surface area (Å²) in [6.45, 7) is 3.45. The number of nitrogens with one attached hydrogen (secondary N) is 1. The summed E-state index contributed by atoms with van der Waals surface area (Å²) >= 11 is 0. The number of benzene rings is 1. The predicted molar refractivity (Wildman–Crippen MR) is 74.1 cm³/mol. The number of carbonyl (C=O) groups excluding carboxylic acids is 1. The quantitative estimate of drug-likeness (QED) is 0.887. The minimum Gasteiger partial charge on any atom is -0.497 e. The molecule has 0 aliphatic carbocycles. The number of ether oxygens (including phenoxy) is 2. The molecule has 0 radical (unpaired) electrons. The second kappa shape index (κ2) is 5.48. The van der Waals surface area contributed by atoms with Gasteiger partial charge in [0.2, 0.25) is 5.91 Å². The van der Waals surface area contributed by atoms with Crippen molar-refractivity contribution >= 4 is 11.6 Å². The second-order valence-corrected chi connectivity index (χ2v) is 4.75. The lowest BCUT2D eigenvalue weighted by atomic mass is 10.0. The van der Waals surface area contributed by atoms with Gasteiger partial charge in [-0.25, -0.2) is 0 Å². The summed E-state index contributed by atoms with van der Waals surface area (Å²) in [7, 11) is 5.00. The lowest BCUT2D eigenvalue weighted by Gasteiger charge is -2.31. The molecule has 5 nitrogen and oxygen atoms in total. The van der Waals surface area contributed by atoms with Gasteiger partial charge in [-0.3, -0.25) is 4.79 Å². The molecule has 5 heteroatoms. The van der Waals surface area contributed by atoms with Crippen LogP contribution in [0.5, 0.6) is 11.5 Å². The first-order valence-electron chi connectivity index (χ1n) is 6.29. The fourth-order valence-electron chi connectivity index (χ4n) is 2.27. The molecule has 0 unspecified atom stereocenters. The zero-order valence-electron chi connectivity index (χ0n) is 11.8. The van der Waals surface area contributed by atoms with Crippen LogP contribution in [0.3, 0.4) is 0 Å². The van der Waals surface area contributed by atoms with Crippen molar-refractivity contribution in [3.8, 4) is 11.5 Å². The van der Waals surface area contributed by atoms with Crippen LogP contribution < -0.4 is 19.7 Å². The van der Waals surface area contributed by atoms with Gasteiger partial charge in [-0.1, -0.05) is 0 Å². The van der Waals surface area contributed by atoms with E-state index in [1.807, 2.05) is 13.0 Å². The molecular weight excluding hydrogens is 244 g/mol. The van der Waals surface area contributed by atoms with Gasteiger partial charge in [0.05, 0.1) is 25.8 Å². The van der Waals surface area contributed by atoms with E-state index in [0.29, 0.717) is 5.75 Å². The maximum Gasteiger partial charge on any atom is 0.232 e. The number of hydrogen-bond acceptors (Lipinski definition) is 4. The number of carbonyl (C=O) groups is 1. The average molecular weight is 264 g/mol. The van der Waals surface area contributed by atoms with E-state index < -0.39 is 0 Å². The van der Waals surface area contributed by atoms with Crippen LogP contribution in [-0.4, -0.2) is 40.3 Å². The zero-order chi connectivity index (χ0) is 14.0. The number of methoxy groups -OCH3 is 2. The summed E-state index contributed by atoms with van der Waals surface area (Å²) in [5, 5.41) is 3.11. The van der Waals surface area contributed by atoms with Crippen LogP contribution in [-0.2, 0) is 4.79 Å². The highest BCUT2D eigenvalue weighted by molar-refractivity contribution is 5.97. The Bertz CT molecular complexity index is 484. The molecule has 0 saturated carbocycles. The SMILES string of the molecule is COc1cc(C)c(N(C)C(=O)C2CNC2)c(OC)c1. The van der Waals surface area contributed by atoms with E-state index in [-0.39, 0.29) is 11.8 Å². The maximum absolute atomic E-state index is 12.3. The molecule has 2 rings (SSSR count). The molecule has 1 saturated heterocycles. The fourth-order valence-corrected chi connectivity index (χ4v) is 2.27. The van der Waals surface area contributed by atoms with Crippen molar-refractivity contribution in [3.63, 3.8) is 0 Å². The van der Waals surface area contributed by atoms with E-state index in [9.17, 15) is 4.79 Å². The summed E-state index contributed by atoms with van der Waals surface area (Å²) in [6, 6.07) is 3.70. The van der Waals surface area contributed by atoms with Gasteiger partial charge < -0.3 is 19.7 Å².